The fourth-order valence-electron chi connectivity index (χ4n) is 1.91. The number of hydrogen-bond donors (Lipinski definition) is 0. The van der Waals surface area contributed by atoms with Crippen molar-refractivity contribution in [2.24, 2.45) is 0 Å². The van der Waals surface area contributed by atoms with Gasteiger partial charge >= 0.3 is 6.18 Å². The third kappa shape index (κ3) is 3.75. The maximum Gasteiger partial charge on any atom is 0.408 e. The van der Waals surface area contributed by atoms with Crippen molar-refractivity contribution in [3.63, 3.8) is 0 Å². The number of benzene rings is 1. The van der Waals surface area contributed by atoms with Gasteiger partial charge in [0, 0.05) is 24.5 Å². The highest BCUT2D eigenvalue weighted by Crippen LogP contribution is 2.23. The van der Waals surface area contributed by atoms with Crippen molar-refractivity contribution in [1.82, 2.24) is 9.78 Å². The molecule has 0 unspecified atom stereocenters. The van der Waals surface area contributed by atoms with Gasteiger partial charge in [0.2, 0.25) is 5.91 Å². The van der Waals surface area contributed by atoms with Crippen LogP contribution in [0.5, 0.6) is 0 Å². The van der Waals surface area contributed by atoms with Crippen LogP contribution in [0.3, 0.4) is 0 Å². The lowest BCUT2D eigenvalue weighted by molar-refractivity contribution is -0.142. The first-order valence-electron chi connectivity index (χ1n) is 6.41. The molecule has 0 aliphatic carbocycles. The van der Waals surface area contributed by atoms with Crippen molar-refractivity contribution in [2.45, 2.75) is 12.7 Å². The molecular formula is C15H14F3N3O. The van der Waals surface area contributed by atoms with Gasteiger partial charge in [-0.1, -0.05) is 18.7 Å². The maximum absolute atomic E-state index is 12.3. The molecule has 1 amide bonds. The van der Waals surface area contributed by atoms with Crippen LogP contribution in [0.15, 0.2) is 49.2 Å². The highest BCUT2D eigenvalue weighted by Gasteiger charge is 2.28. The van der Waals surface area contributed by atoms with E-state index in [0.29, 0.717) is 16.9 Å². The summed E-state index contributed by atoms with van der Waals surface area (Å²) in [6.45, 7) is 2.29. The zero-order valence-corrected chi connectivity index (χ0v) is 11.8. The molecule has 2 aromatic rings. The van der Waals surface area contributed by atoms with Gasteiger partial charge in [0.1, 0.15) is 6.54 Å². The van der Waals surface area contributed by atoms with E-state index in [-0.39, 0.29) is 5.91 Å². The molecule has 0 atom stereocenters. The molecule has 1 heterocycles. The average molecular weight is 309 g/mol. The molecule has 0 aliphatic heterocycles. The van der Waals surface area contributed by atoms with Crippen LogP contribution in [0.1, 0.15) is 0 Å². The van der Waals surface area contributed by atoms with Gasteiger partial charge in [-0.2, -0.15) is 18.3 Å². The van der Waals surface area contributed by atoms with Gasteiger partial charge in [0.25, 0.3) is 0 Å². The normalized spacial score (nSPS) is 11.3. The SMILES string of the molecule is C=CC(=O)N(C)c1ccc(-c2ccn(CC(F)(F)F)n2)cc1. The van der Waals surface area contributed by atoms with Crippen LogP contribution in [-0.2, 0) is 11.3 Å². The van der Waals surface area contributed by atoms with E-state index in [4.69, 9.17) is 0 Å². The number of nitrogens with zero attached hydrogens (tertiary/aromatic N) is 3. The Morgan fingerprint density at radius 1 is 1.32 bits per heavy atom. The molecule has 0 N–H and O–H groups in total. The summed E-state index contributed by atoms with van der Waals surface area (Å²) in [5.41, 5.74) is 1.76. The summed E-state index contributed by atoms with van der Waals surface area (Å²) in [5.74, 6) is -0.248. The second kappa shape index (κ2) is 6.05. The van der Waals surface area contributed by atoms with Crippen LogP contribution in [0.25, 0.3) is 11.3 Å². The number of anilines is 1. The molecule has 0 bridgehead atoms. The third-order valence-electron chi connectivity index (χ3n) is 3.04. The maximum atomic E-state index is 12.3. The van der Waals surface area contributed by atoms with Crippen molar-refractivity contribution < 1.29 is 18.0 Å². The van der Waals surface area contributed by atoms with E-state index in [2.05, 4.69) is 11.7 Å². The molecule has 0 saturated carbocycles. The zero-order chi connectivity index (χ0) is 16.3. The van der Waals surface area contributed by atoms with E-state index < -0.39 is 12.7 Å². The number of rotatable bonds is 4. The van der Waals surface area contributed by atoms with Crippen LogP contribution >= 0.6 is 0 Å². The Labute approximate surface area is 125 Å². The molecule has 0 spiro atoms. The van der Waals surface area contributed by atoms with Gasteiger partial charge in [0.15, 0.2) is 0 Å². The molecule has 0 fully saturated rings. The second-order valence-corrected chi connectivity index (χ2v) is 4.66. The first kappa shape index (κ1) is 15.8. The molecule has 2 rings (SSSR count). The van der Waals surface area contributed by atoms with Crippen LogP contribution in [0, 0.1) is 0 Å². The molecule has 1 aromatic carbocycles. The summed E-state index contributed by atoms with van der Waals surface area (Å²) in [7, 11) is 1.61. The fraction of sp³-hybridized carbons (Fsp3) is 0.200. The summed E-state index contributed by atoms with van der Waals surface area (Å²) in [5, 5.41) is 3.89. The van der Waals surface area contributed by atoms with Crippen LogP contribution in [0.4, 0.5) is 18.9 Å². The Hall–Kier alpha value is -2.57. The molecule has 0 saturated heterocycles. The van der Waals surface area contributed by atoms with E-state index in [0.717, 1.165) is 4.68 Å². The summed E-state index contributed by atoms with van der Waals surface area (Å²) in [6, 6.07) is 8.29. The van der Waals surface area contributed by atoms with Gasteiger partial charge in [-0.05, 0) is 24.3 Å². The first-order chi connectivity index (χ1) is 10.3. The Bertz CT molecular complexity index is 674. The predicted molar refractivity (Wildman–Crippen MR) is 77.3 cm³/mol. The smallest absolute Gasteiger partial charge is 0.312 e. The molecule has 0 radical (unpaired) electrons. The number of carbonyl (C=O) groups is 1. The number of amides is 1. The van der Waals surface area contributed by atoms with E-state index in [9.17, 15) is 18.0 Å². The summed E-state index contributed by atoms with van der Waals surface area (Å²) >= 11 is 0. The summed E-state index contributed by atoms with van der Waals surface area (Å²) in [6.07, 6.45) is -1.82. The number of aromatic nitrogens is 2. The van der Waals surface area contributed by atoms with Gasteiger partial charge in [-0.15, -0.1) is 0 Å². The van der Waals surface area contributed by atoms with E-state index in [1.54, 1.807) is 31.3 Å². The predicted octanol–water partition coefficient (Wildman–Crippen LogP) is 3.26. The standard InChI is InChI=1S/C15H14F3N3O/c1-3-14(22)20(2)12-6-4-11(5-7-12)13-8-9-21(19-13)10-15(16,17)18/h3-9H,1,10H2,2H3. The Morgan fingerprint density at radius 3 is 2.50 bits per heavy atom. The Morgan fingerprint density at radius 2 is 1.95 bits per heavy atom. The van der Waals surface area contributed by atoms with Crippen LogP contribution < -0.4 is 4.90 Å². The molecule has 116 valence electrons. The second-order valence-electron chi connectivity index (χ2n) is 4.66. The van der Waals surface area contributed by atoms with Crippen molar-refractivity contribution in [3.05, 3.63) is 49.2 Å². The zero-order valence-electron chi connectivity index (χ0n) is 11.8. The van der Waals surface area contributed by atoms with E-state index in [1.807, 2.05) is 0 Å². The molecule has 1 aromatic heterocycles. The largest absolute Gasteiger partial charge is 0.408 e. The highest BCUT2D eigenvalue weighted by atomic mass is 19.4. The minimum Gasteiger partial charge on any atom is -0.312 e. The van der Waals surface area contributed by atoms with Crippen molar-refractivity contribution >= 4 is 11.6 Å². The summed E-state index contributed by atoms with van der Waals surface area (Å²) in [4.78, 5) is 12.9. The molecule has 4 nitrogen and oxygen atoms in total. The van der Waals surface area contributed by atoms with Gasteiger partial charge < -0.3 is 4.90 Å². The van der Waals surface area contributed by atoms with Crippen molar-refractivity contribution in [3.8, 4) is 11.3 Å². The van der Waals surface area contributed by atoms with Gasteiger partial charge in [0.05, 0.1) is 5.69 Å². The van der Waals surface area contributed by atoms with E-state index in [1.165, 1.54) is 23.2 Å². The molecule has 0 aliphatic rings. The Balaban J connectivity index is 2.17. The lowest BCUT2D eigenvalue weighted by Gasteiger charge is -2.15. The number of alkyl halides is 3. The van der Waals surface area contributed by atoms with E-state index >= 15 is 0 Å². The van der Waals surface area contributed by atoms with Crippen LogP contribution in [0.2, 0.25) is 0 Å². The monoisotopic (exact) mass is 309 g/mol. The minimum absolute atomic E-state index is 0.248. The Kier molecular flexibility index (Phi) is 4.35. The third-order valence-corrected chi connectivity index (χ3v) is 3.04. The molecular weight excluding hydrogens is 295 g/mol. The van der Waals surface area contributed by atoms with Crippen LogP contribution in [-0.4, -0.2) is 28.9 Å². The quantitative estimate of drug-likeness (QED) is 0.813. The van der Waals surface area contributed by atoms with Gasteiger partial charge in [-0.3, -0.25) is 9.48 Å². The summed E-state index contributed by atoms with van der Waals surface area (Å²) < 4.78 is 37.7. The average Bonchev–Trinajstić information content (AvgIpc) is 2.92. The first-order valence-corrected chi connectivity index (χ1v) is 6.41. The number of hydrogen-bond acceptors (Lipinski definition) is 2. The lowest BCUT2D eigenvalue weighted by atomic mass is 10.1. The lowest BCUT2D eigenvalue weighted by Crippen LogP contribution is -2.23. The number of halogens is 3. The number of likely N-dealkylation sites (N-methyl/N-ethyl adjacent to an activating group) is 1. The molecule has 7 heteroatoms. The molecule has 22 heavy (non-hydrogen) atoms. The van der Waals surface area contributed by atoms with Crippen molar-refractivity contribution in [1.29, 1.82) is 0 Å². The van der Waals surface area contributed by atoms with Crippen molar-refractivity contribution in [2.75, 3.05) is 11.9 Å². The fourth-order valence-corrected chi connectivity index (χ4v) is 1.91. The topological polar surface area (TPSA) is 38.1 Å². The van der Waals surface area contributed by atoms with Gasteiger partial charge in [-0.25, -0.2) is 0 Å². The highest BCUT2D eigenvalue weighted by molar-refractivity contribution is 6.00. The number of carbonyl (C=O) groups excluding carboxylic acids is 1. The minimum atomic E-state index is -4.30.